The van der Waals surface area contributed by atoms with Gasteiger partial charge in [-0.25, -0.2) is 4.79 Å². The van der Waals surface area contributed by atoms with Gasteiger partial charge >= 0.3 is 12.0 Å². The van der Waals surface area contributed by atoms with E-state index in [2.05, 4.69) is 17.4 Å². The Labute approximate surface area is 131 Å². The molecule has 2 N–H and O–H groups in total. The quantitative estimate of drug-likeness (QED) is 0.688. The molecule has 1 aliphatic rings. The smallest absolute Gasteiger partial charge is 0.318 e. The summed E-state index contributed by atoms with van der Waals surface area (Å²) in [5.41, 5.74) is 1.17. The molecule has 2 rings (SSSR count). The van der Waals surface area contributed by atoms with Gasteiger partial charge in [0, 0.05) is 19.5 Å². The van der Waals surface area contributed by atoms with Crippen LogP contribution in [0, 0.1) is 0 Å². The molecule has 1 heterocycles. The second kappa shape index (κ2) is 8.41. The summed E-state index contributed by atoms with van der Waals surface area (Å²) in [5.74, 6) is -0.723. The van der Waals surface area contributed by atoms with E-state index < -0.39 is 5.97 Å². The molecule has 5 nitrogen and oxygen atoms in total. The van der Waals surface area contributed by atoms with E-state index in [1.807, 2.05) is 23.1 Å². The van der Waals surface area contributed by atoms with Crippen LogP contribution >= 0.6 is 0 Å². The number of unbranched alkanes of at least 4 members (excludes halogenated alkanes) is 4. The van der Waals surface area contributed by atoms with Gasteiger partial charge in [-0.05, 0) is 18.4 Å². The summed E-state index contributed by atoms with van der Waals surface area (Å²) in [6.45, 7) is 1.42. The molecule has 120 valence electrons. The molecule has 1 aliphatic heterocycles. The molecular formula is C17H24N2O3. The molecule has 5 heteroatoms. The number of carboxylic acid groups (broad SMARTS) is 1. The van der Waals surface area contributed by atoms with Crippen molar-refractivity contribution in [3.05, 3.63) is 35.9 Å². The Morgan fingerprint density at radius 1 is 1.14 bits per heavy atom. The van der Waals surface area contributed by atoms with Gasteiger partial charge in [-0.1, -0.05) is 49.6 Å². The number of hydrogen-bond acceptors (Lipinski definition) is 2. The van der Waals surface area contributed by atoms with Crippen molar-refractivity contribution < 1.29 is 14.7 Å². The molecule has 0 spiro atoms. The zero-order valence-electron chi connectivity index (χ0n) is 12.8. The average Bonchev–Trinajstić information content (AvgIpc) is 2.88. The summed E-state index contributed by atoms with van der Waals surface area (Å²) >= 11 is 0. The molecule has 1 aromatic carbocycles. The number of carbonyl (C=O) groups is 2. The lowest BCUT2D eigenvalue weighted by Gasteiger charge is -2.23. The van der Waals surface area contributed by atoms with Crippen molar-refractivity contribution in [1.82, 2.24) is 10.2 Å². The number of nitrogens with zero attached hydrogens (tertiary/aromatic N) is 1. The molecule has 0 radical (unpaired) electrons. The van der Waals surface area contributed by atoms with Gasteiger partial charge in [0.15, 0.2) is 0 Å². The maximum Gasteiger partial charge on any atom is 0.318 e. The largest absolute Gasteiger partial charge is 0.481 e. The van der Waals surface area contributed by atoms with Crippen molar-refractivity contribution >= 4 is 12.0 Å². The van der Waals surface area contributed by atoms with Gasteiger partial charge in [-0.2, -0.15) is 0 Å². The summed E-state index contributed by atoms with van der Waals surface area (Å²) in [4.78, 5) is 24.3. The molecule has 0 bridgehead atoms. The Bertz CT molecular complexity index is 490. The Morgan fingerprint density at radius 2 is 1.82 bits per heavy atom. The number of nitrogens with one attached hydrogen (secondary N) is 1. The molecule has 0 aromatic heterocycles. The highest BCUT2D eigenvalue weighted by atomic mass is 16.4. The fraction of sp³-hybridized carbons (Fsp3) is 0.529. The summed E-state index contributed by atoms with van der Waals surface area (Å²) in [5, 5.41) is 11.5. The molecular weight excluding hydrogens is 280 g/mol. The SMILES string of the molecule is O=C(O)CCCCCCCN1C(=O)NCC1c1ccccc1. The number of benzene rings is 1. The fourth-order valence-corrected chi connectivity index (χ4v) is 2.86. The van der Waals surface area contributed by atoms with Gasteiger partial charge in [0.1, 0.15) is 0 Å². The first-order chi connectivity index (χ1) is 10.7. The first-order valence-corrected chi connectivity index (χ1v) is 7.99. The lowest BCUT2D eigenvalue weighted by molar-refractivity contribution is -0.137. The minimum Gasteiger partial charge on any atom is -0.481 e. The van der Waals surface area contributed by atoms with E-state index in [9.17, 15) is 9.59 Å². The maximum absolute atomic E-state index is 11.9. The molecule has 0 aliphatic carbocycles. The summed E-state index contributed by atoms with van der Waals surface area (Å²) in [6.07, 6.45) is 4.96. The molecule has 22 heavy (non-hydrogen) atoms. The van der Waals surface area contributed by atoms with Crippen LogP contribution in [0.4, 0.5) is 4.79 Å². The highest BCUT2D eigenvalue weighted by Crippen LogP contribution is 2.24. The topological polar surface area (TPSA) is 69.6 Å². The minimum absolute atomic E-state index is 0.0136. The normalized spacial score (nSPS) is 17.5. The molecule has 2 amide bonds. The Hall–Kier alpha value is -2.04. The van der Waals surface area contributed by atoms with E-state index in [1.165, 1.54) is 5.56 Å². The minimum atomic E-state index is -0.723. The number of hydrogen-bond donors (Lipinski definition) is 2. The number of aliphatic carboxylic acids is 1. The Morgan fingerprint density at radius 3 is 2.55 bits per heavy atom. The highest BCUT2D eigenvalue weighted by molar-refractivity contribution is 5.77. The molecule has 1 saturated heterocycles. The first kappa shape index (κ1) is 16.3. The standard InChI is InChI=1S/C17H24N2O3/c20-16(21)11-7-2-1-3-8-12-19-15(13-18-17(19)22)14-9-5-4-6-10-14/h4-6,9-10,15H,1-3,7-8,11-13H2,(H,18,22)(H,20,21). The molecule has 0 saturated carbocycles. The third kappa shape index (κ3) is 4.76. The van der Waals surface area contributed by atoms with E-state index in [1.54, 1.807) is 0 Å². The highest BCUT2D eigenvalue weighted by Gasteiger charge is 2.30. The number of carboxylic acids is 1. The van der Waals surface area contributed by atoms with Gasteiger partial charge < -0.3 is 15.3 Å². The van der Waals surface area contributed by atoms with E-state index in [4.69, 9.17) is 5.11 Å². The van der Waals surface area contributed by atoms with Gasteiger partial charge in [-0.3, -0.25) is 4.79 Å². The van der Waals surface area contributed by atoms with Crippen LogP contribution in [0.1, 0.15) is 50.1 Å². The zero-order valence-corrected chi connectivity index (χ0v) is 12.8. The predicted octanol–water partition coefficient (Wildman–Crippen LogP) is 3.18. The average molecular weight is 304 g/mol. The van der Waals surface area contributed by atoms with Crippen LogP contribution in [-0.4, -0.2) is 35.1 Å². The van der Waals surface area contributed by atoms with Crippen molar-refractivity contribution in [3.63, 3.8) is 0 Å². The third-order valence-corrected chi connectivity index (χ3v) is 4.06. The van der Waals surface area contributed by atoms with Crippen LogP contribution in [0.5, 0.6) is 0 Å². The van der Waals surface area contributed by atoms with E-state index in [0.29, 0.717) is 6.54 Å². The van der Waals surface area contributed by atoms with Gasteiger partial charge in [0.05, 0.1) is 6.04 Å². The van der Waals surface area contributed by atoms with Crippen molar-refractivity contribution in [2.75, 3.05) is 13.1 Å². The number of carbonyl (C=O) groups excluding carboxylic acids is 1. The van der Waals surface area contributed by atoms with Crippen LogP contribution < -0.4 is 5.32 Å². The van der Waals surface area contributed by atoms with Crippen molar-refractivity contribution in [3.8, 4) is 0 Å². The van der Waals surface area contributed by atoms with Crippen LogP contribution in [-0.2, 0) is 4.79 Å². The lowest BCUT2D eigenvalue weighted by atomic mass is 10.1. The van der Waals surface area contributed by atoms with E-state index in [0.717, 1.165) is 38.6 Å². The van der Waals surface area contributed by atoms with Crippen molar-refractivity contribution in [2.45, 2.75) is 44.6 Å². The van der Waals surface area contributed by atoms with Crippen LogP contribution in [0.2, 0.25) is 0 Å². The van der Waals surface area contributed by atoms with Crippen molar-refractivity contribution in [1.29, 1.82) is 0 Å². The fourth-order valence-electron chi connectivity index (χ4n) is 2.86. The van der Waals surface area contributed by atoms with Crippen LogP contribution in [0.3, 0.4) is 0 Å². The lowest BCUT2D eigenvalue weighted by Crippen LogP contribution is -2.30. The number of amides is 2. The molecule has 1 unspecified atom stereocenters. The Kier molecular flexibility index (Phi) is 6.25. The summed E-state index contributed by atoms with van der Waals surface area (Å²) < 4.78 is 0. The molecule has 1 atom stereocenters. The molecule has 1 fully saturated rings. The maximum atomic E-state index is 11.9. The summed E-state index contributed by atoms with van der Waals surface area (Å²) in [7, 11) is 0. The van der Waals surface area contributed by atoms with Crippen molar-refractivity contribution in [2.24, 2.45) is 0 Å². The van der Waals surface area contributed by atoms with Crippen LogP contribution in [0.15, 0.2) is 30.3 Å². The zero-order chi connectivity index (χ0) is 15.8. The number of rotatable bonds is 9. The van der Waals surface area contributed by atoms with Gasteiger partial charge in [0.2, 0.25) is 0 Å². The van der Waals surface area contributed by atoms with Gasteiger partial charge in [-0.15, -0.1) is 0 Å². The second-order valence-electron chi connectivity index (χ2n) is 5.72. The van der Waals surface area contributed by atoms with Crippen LogP contribution in [0.25, 0.3) is 0 Å². The first-order valence-electron chi connectivity index (χ1n) is 7.99. The van der Waals surface area contributed by atoms with E-state index >= 15 is 0 Å². The number of urea groups is 1. The second-order valence-corrected chi connectivity index (χ2v) is 5.72. The van der Waals surface area contributed by atoms with Gasteiger partial charge in [0.25, 0.3) is 0 Å². The Balaban J connectivity index is 1.71. The van der Waals surface area contributed by atoms with E-state index in [-0.39, 0.29) is 18.5 Å². The molecule has 1 aromatic rings. The predicted molar refractivity (Wildman–Crippen MR) is 84.6 cm³/mol. The monoisotopic (exact) mass is 304 g/mol. The summed E-state index contributed by atoms with van der Waals surface area (Å²) in [6, 6.07) is 10.2. The third-order valence-electron chi connectivity index (χ3n) is 4.06.